The lowest BCUT2D eigenvalue weighted by Gasteiger charge is -2.12. The molecule has 2 aromatic heterocycles. The highest BCUT2D eigenvalue weighted by Crippen LogP contribution is 2.24. The molecule has 0 aliphatic rings. The molecule has 0 aliphatic carbocycles. The quantitative estimate of drug-likeness (QED) is 0.778. The number of fused-ring (bicyclic) bond motifs is 1. The molecule has 6 nitrogen and oxygen atoms in total. The Balaban J connectivity index is 1.80. The number of amides is 1. The van der Waals surface area contributed by atoms with E-state index in [2.05, 4.69) is 25.7 Å². The number of hydrogen-bond donors (Lipinski definition) is 2. The Morgan fingerprint density at radius 1 is 1.29 bits per heavy atom. The van der Waals surface area contributed by atoms with Crippen molar-refractivity contribution in [3.63, 3.8) is 0 Å². The van der Waals surface area contributed by atoms with E-state index in [4.69, 9.17) is 0 Å². The topological polar surface area (TPSA) is 83.6 Å². The van der Waals surface area contributed by atoms with E-state index in [9.17, 15) is 4.79 Å². The number of nitrogens with one attached hydrogen (secondary N) is 2. The van der Waals surface area contributed by atoms with Crippen LogP contribution in [0.3, 0.4) is 0 Å². The van der Waals surface area contributed by atoms with E-state index in [-0.39, 0.29) is 11.9 Å². The molecule has 2 heterocycles. The molecule has 0 fully saturated rings. The Bertz CT molecular complexity index is 807. The van der Waals surface area contributed by atoms with Crippen LogP contribution in [0.1, 0.15) is 38.9 Å². The van der Waals surface area contributed by atoms with Crippen LogP contribution >= 0.6 is 11.3 Å². The van der Waals surface area contributed by atoms with Crippen molar-refractivity contribution in [2.75, 3.05) is 0 Å². The predicted molar refractivity (Wildman–Crippen MR) is 81.4 cm³/mol. The number of carbonyl (C=O) groups is 1. The molecule has 2 N–H and O–H groups in total. The summed E-state index contributed by atoms with van der Waals surface area (Å²) >= 11 is 1.61. The molecule has 1 amide bonds. The van der Waals surface area contributed by atoms with Gasteiger partial charge < -0.3 is 5.32 Å². The fraction of sp³-hybridized carbons (Fsp3) is 0.286. The van der Waals surface area contributed by atoms with Gasteiger partial charge in [0.05, 0.1) is 16.7 Å². The van der Waals surface area contributed by atoms with Crippen molar-refractivity contribution in [2.45, 2.75) is 26.8 Å². The second kappa shape index (κ2) is 5.25. The zero-order valence-electron chi connectivity index (χ0n) is 12.0. The summed E-state index contributed by atoms with van der Waals surface area (Å²) in [6, 6.07) is 5.18. The third-order valence-corrected chi connectivity index (χ3v) is 4.51. The van der Waals surface area contributed by atoms with E-state index in [0.717, 1.165) is 21.1 Å². The first-order valence-corrected chi connectivity index (χ1v) is 7.41. The molecule has 0 bridgehead atoms. The van der Waals surface area contributed by atoms with Gasteiger partial charge in [0.2, 0.25) is 0 Å². The molecule has 0 radical (unpaired) electrons. The molecule has 1 atom stereocenters. The van der Waals surface area contributed by atoms with E-state index in [0.29, 0.717) is 11.1 Å². The van der Waals surface area contributed by atoms with Gasteiger partial charge in [0.25, 0.3) is 5.91 Å². The lowest BCUT2D eigenvalue weighted by Crippen LogP contribution is -2.26. The molecule has 0 saturated heterocycles. The number of benzene rings is 1. The van der Waals surface area contributed by atoms with Crippen LogP contribution in [-0.2, 0) is 0 Å². The molecular weight excluding hydrogens is 286 g/mol. The predicted octanol–water partition coefficient (Wildman–Crippen LogP) is 2.52. The van der Waals surface area contributed by atoms with Crippen molar-refractivity contribution in [1.82, 2.24) is 25.7 Å². The molecule has 3 aromatic rings. The zero-order valence-corrected chi connectivity index (χ0v) is 12.8. The Kier molecular flexibility index (Phi) is 3.42. The van der Waals surface area contributed by atoms with Gasteiger partial charge in [-0.05, 0) is 39.0 Å². The summed E-state index contributed by atoms with van der Waals surface area (Å²) in [6.45, 7) is 5.89. The summed E-state index contributed by atoms with van der Waals surface area (Å²) in [5.74, 6) is -0.127. The highest BCUT2D eigenvalue weighted by atomic mass is 32.1. The number of nitrogens with zero attached hydrogens (tertiary/aromatic N) is 3. The number of hydrogen-bond acceptors (Lipinski definition) is 5. The molecule has 1 aromatic carbocycles. The first-order chi connectivity index (χ1) is 10.0. The molecule has 0 unspecified atom stereocenters. The maximum absolute atomic E-state index is 12.3. The number of H-pyrrole nitrogens is 1. The van der Waals surface area contributed by atoms with Gasteiger partial charge in [0.15, 0.2) is 0 Å². The largest absolute Gasteiger partial charge is 0.345 e. The minimum Gasteiger partial charge on any atom is -0.345 e. The highest BCUT2D eigenvalue weighted by Gasteiger charge is 2.16. The summed E-state index contributed by atoms with van der Waals surface area (Å²) in [7, 11) is 0. The molecular formula is C14H15N5OS. The van der Waals surface area contributed by atoms with E-state index in [1.807, 2.05) is 20.8 Å². The van der Waals surface area contributed by atoms with Gasteiger partial charge in [-0.25, -0.2) is 4.98 Å². The van der Waals surface area contributed by atoms with Gasteiger partial charge in [-0.3, -0.25) is 4.79 Å². The first-order valence-electron chi connectivity index (χ1n) is 6.60. The third-order valence-electron chi connectivity index (χ3n) is 3.26. The Morgan fingerprint density at radius 2 is 2.05 bits per heavy atom. The average Bonchev–Trinajstić information content (AvgIpc) is 3.03. The Morgan fingerprint density at radius 3 is 2.76 bits per heavy atom. The number of aryl methyl sites for hydroxylation is 2. The lowest BCUT2D eigenvalue weighted by atomic mass is 10.1. The molecule has 21 heavy (non-hydrogen) atoms. The van der Waals surface area contributed by atoms with Gasteiger partial charge in [0, 0.05) is 10.4 Å². The summed E-state index contributed by atoms with van der Waals surface area (Å²) in [6.07, 6.45) is 0. The number of rotatable bonds is 3. The van der Waals surface area contributed by atoms with Crippen LogP contribution in [0.5, 0.6) is 0 Å². The third kappa shape index (κ3) is 2.64. The van der Waals surface area contributed by atoms with Crippen LogP contribution in [0.4, 0.5) is 0 Å². The van der Waals surface area contributed by atoms with E-state index in [1.165, 1.54) is 0 Å². The minimum absolute atomic E-state index is 0.0725. The van der Waals surface area contributed by atoms with Gasteiger partial charge >= 0.3 is 0 Å². The molecule has 0 saturated carbocycles. The van der Waals surface area contributed by atoms with Gasteiger partial charge in [-0.1, -0.05) is 0 Å². The van der Waals surface area contributed by atoms with E-state index >= 15 is 0 Å². The van der Waals surface area contributed by atoms with Gasteiger partial charge in [0.1, 0.15) is 11.0 Å². The number of aromatic nitrogens is 4. The highest BCUT2D eigenvalue weighted by molar-refractivity contribution is 7.11. The molecule has 0 spiro atoms. The van der Waals surface area contributed by atoms with Crippen molar-refractivity contribution in [1.29, 1.82) is 0 Å². The second-order valence-corrected chi connectivity index (χ2v) is 6.14. The van der Waals surface area contributed by atoms with Crippen molar-refractivity contribution in [2.24, 2.45) is 0 Å². The summed E-state index contributed by atoms with van der Waals surface area (Å²) in [5, 5.41) is 14.5. The van der Waals surface area contributed by atoms with E-state index in [1.54, 1.807) is 29.5 Å². The van der Waals surface area contributed by atoms with Crippen LogP contribution in [0, 0.1) is 13.8 Å². The molecule has 7 heteroatoms. The van der Waals surface area contributed by atoms with Crippen LogP contribution in [-0.4, -0.2) is 26.3 Å². The van der Waals surface area contributed by atoms with Crippen molar-refractivity contribution >= 4 is 28.3 Å². The second-order valence-electron chi connectivity index (χ2n) is 4.90. The van der Waals surface area contributed by atoms with Crippen molar-refractivity contribution in [3.8, 4) is 0 Å². The standard InChI is InChI=1S/C14H15N5OS/c1-7-13(21-9(3)15-7)8(2)16-14(20)10-4-5-11-12(6-10)18-19-17-11/h4-6,8H,1-3H3,(H,16,20)(H,17,18,19)/t8-/m1/s1. The van der Waals surface area contributed by atoms with Crippen LogP contribution < -0.4 is 5.32 Å². The minimum atomic E-state index is -0.127. The molecule has 0 aliphatic heterocycles. The fourth-order valence-electron chi connectivity index (χ4n) is 2.28. The maximum atomic E-state index is 12.3. The monoisotopic (exact) mass is 301 g/mol. The van der Waals surface area contributed by atoms with Gasteiger partial charge in [-0.15, -0.1) is 11.3 Å². The smallest absolute Gasteiger partial charge is 0.251 e. The van der Waals surface area contributed by atoms with Crippen LogP contribution in [0.2, 0.25) is 0 Å². The average molecular weight is 301 g/mol. The fourth-order valence-corrected chi connectivity index (χ4v) is 3.21. The number of carbonyl (C=O) groups excluding carboxylic acids is 1. The first kappa shape index (κ1) is 13.7. The Labute approximate surface area is 125 Å². The normalized spacial score (nSPS) is 12.5. The lowest BCUT2D eigenvalue weighted by molar-refractivity contribution is 0.0940. The van der Waals surface area contributed by atoms with Crippen LogP contribution in [0.15, 0.2) is 18.2 Å². The summed E-state index contributed by atoms with van der Waals surface area (Å²) < 4.78 is 0. The Hall–Kier alpha value is -2.28. The van der Waals surface area contributed by atoms with Gasteiger partial charge in [-0.2, -0.15) is 15.4 Å². The van der Waals surface area contributed by atoms with Crippen molar-refractivity contribution in [3.05, 3.63) is 39.3 Å². The summed E-state index contributed by atoms with van der Waals surface area (Å²) in [4.78, 5) is 17.8. The zero-order chi connectivity index (χ0) is 15.0. The van der Waals surface area contributed by atoms with Crippen LogP contribution in [0.25, 0.3) is 11.0 Å². The maximum Gasteiger partial charge on any atom is 0.251 e. The molecule has 3 rings (SSSR count). The number of aromatic amines is 1. The number of thiazole rings is 1. The SMILES string of the molecule is Cc1nc(C)c([C@@H](C)NC(=O)c2ccc3n[nH]nc3c2)s1. The molecule has 108 valence electrons. The van der Waals surface area contributed by atoms with E-state index < -0.39 is 0 Å². The van der Waals surface area contributed by atoms with Crippen molar-refractivity contribution < 1.29 is 4.79 Å². The summed E-state index contributed by atoms with van der Waals surface area (Å²) in [5.41, 5.74) is 2.97.